The summed E-state index contributed by atoms with van der Waals surface area (Å²) in [6, 6.07) is 9.23. The number of Topliss-reactive ketones (excluding diaryl/α,β-unsaturated/α-hetero) is 1. The topological polar surface area (TPSA) is 17.1 Å². The van der Waals surface area contributed by atoms with Gasteiger partial charge in [-0.15, -0.1) is 0 Å². The van der Waals surface area contributed by atoms with Gasteiger partial charge in [0.05, 0.1) is 0 Å². The third-order valence-electron chi connectivity index (χ3n) is 1.18. The molecular weight excluding hydrogens is 176 g/mol. The van der Waals surface area contributed by atoms with Gasteiger partial charge in [0.1, 0.15) is 0 Å². The zero-order chi connectivity index (χ0) is 6.69. The minimum Gasteiger partial charge on any atom is -0.295 e. The number of ketones is 1. The maximum Gasteiger partial charge on any atom is 0.159 e. The molecule has 1 rings (SSSR count). The van der Waals surface area contributed by atoms with Crippen LogP contribution in [0, 0.1) is 0 Å². The predicted molar refractivity (Wildman–Crippen MR) is 36.4 cm³/mol. The van der Waals surface area contributed by atoms with Gasteiger partial charge in [0.25, 0.3) is 0 Å². The molecule has 0 unspecified atom stereocenters. The predicted octanol–water partition coefficient (Wildman–Crippen LogP) is 1.89. The van der Waals surface area contributed by atoms with Crippen molar-refractivity contribution in [1.29, 1.82) is 0 Å². The fourth-order valence-corrected chi connectivity index (χ4v) is 0.673. The first kappa shape index (κ1) is 9.41. The molecule has 0 aliphatic carbocycles. The van der Waals surface area contributed by atoms with Gasteiger partial charge in [0, 0.05) is 22.6 Å². The van der Waals surface area contributed by atoms with Crippen LogP contribution in [0.25, 0.3) is 0 Å². The summed E-state index contributed by atoms with van der Waals surface area (Å²) in [6.45, 7) is 1.56. The van der Waals surface area contributed by atoms with Crippen LogP contribution < -0.4 is 0 Å². The quantitative estimate of drug-likeness (QED) is 0.480. The number of rotatable bonds is 1. The summed E-state index contributed by atoms with van der Waals surface area (Å²) in [5.74, 6) is 0.121. The van der Waals surface area contributed by atoms with Crippen molar-refractivity contribution in [2.45, 2.75) is 6.92 Å². The average molecular weight is 184 g/mol. The van der Waals surface area contributed by atoms with Gasteiger partial charge in [-0.05, 0) is 6.92 Å². The van der Waals surface area contributed by atoms with Gasteiger partial charge in [-0.3, -0.25) is 4.79 Å². The van der Waals surface area contributed by atoms with E-state index in [9.17, 15) is 4.79 Å². The number of hydrogen-bond acceptors (Lipinski definition) is 1. The van der Waals surface area contributed by atoms with Crippen LogP contribution in [-0.4, -0.2) is 5.78 Å². The molecule has 1 radical (unpaired) electrons. The van der Waals surface area contributed by atoms with E-state index in [1.807, 2.05) is 30.3 Å². The van der Waals surface area contributed by atoms with E-state index in [1.165, 1.54) is 0 Å². The molecule has 1 aromatic rings. The van der Waals surface area contributed by atoms with E-state index in [2.05, 4.69) is 0 Å². The summed E-state index contributed by atoms with van der Waals surface area (Å²) in [5, 5.41) is 0. The van der Waals surface area contributed by atoms with E-state index < -0.39 is 0 Å². The Kier molecular flexibility index (Phi) is 4.01. The minimum absolute atomic E-state index is 0. The van der Waals surface area contributed by atoms with Crippen molar-refractivity contribution in [3.63, 3.8) is 0 Å². The maximum atomic E-state index is 10.6. The number of carbonyl (C=O) groups is 1. The number of hydrogen-bond donors (Lipinski definition) is 0. The summed E-state index contributed by atoms with van der Waals surface area (Å²) in [6.07, 6.45) is 0. The zero-order valence-electron chi connectivity index (χ0n) is 5.60. The molecule has 0 atom stereocenters. The summed E-state index contributed by atoms with van der Waals surface area (Å²) < 4.78 is 0. The molecular formula is C8H8CuO. The molecule has 0 aromatic heterocycles. The van der Waals surface area contributed by atoms with Crippen LogP contribution in [0.1, 0.15) is 17.3 Å². The van der Waals surface area contributed by atoms with Crippen LogP contribution >= 0.6 is 0 Å². The van der Waals surface area contributed by atoms with E-state index in [1.54, 1.807) is 6.92 Å². The standard InChI is InChI=1S/C8H8O.Cu/c1-7(9)8-5-3-2-4-6-8;/h2-6H,1H3;. The first-order valence-corrected chi connectivity index (χ1v) is 2.86. The molecule has 1 nitrogen and oxygen atoms in total. The molecule has 2 heteroatoms. The zero-order valence-corrected chi connectivity index (χ0v) is 6.54. The van der Waals surface area contributed by atoms with Gasteiger partial charge >= 0.3 is 0 Å². The molecule has 1 aromatic carbocycles. The fourth-order valence-electron chi connectivity index (χ4n) is 0.673. The molecule has 0 saturated carbocycles. The Morgan fingerprint density at radius 3 is 2.00 bits per heavy atom. The molecule has 0 heterocycles. The molecule has 0 aliphatic rings. The Morgan fingerprint density at radius 1 is 1.20 bits per heavy atom. The maximum absolute atomic E-state index is 10.6. The van der Waals surface area contributed by atoms with Gasteiger partial charge < -0.3 is 0 Å². The fraction of sp³-hybridized carbons (Fsp3) is 0.125. The van der Waals surface area contributed by atoms with E-state index in [4.69, 9.17) is 0 Å². The van der Waals surface area contributed by atoms with Crippen molar-refractivity contribution in [1.82, 2.24) is 0 Å². The smallest absolute Gasteiger partial charge is 0.159 e. The third-order valence-corrected chi connectivity index (χ3v) is 1.18. The first-order valence-electron chi connectivity index (χ1n) is 2.86. The normalized spacial score (nSPS) is 8.10. The molecule has 0 amide bonds. The Labute approximate surface area is 70.9 Å². The Balaban J connectivity index is 0.000000810. The third kappa shape index (κ3) is 2.34. The molecule has 0 bridgehead atoms. The number of carbonyl (C=O) groups excluding carboxylic acids is 1. The Hall–Kier alpha value is -0.591. The van der Waals surface area contributed by atoms with E-state index in [0.29, 0.717) is 0 Å². The minimum atomic E-state index is 0. The van der Waals surface area contributed by atoms with Crippen LogP contribution in [0.3, 0.4) is 0 Å². The van der Waals surface area contributed by atoms with Crippen molar-refractivity contribution < 1.29 is 21.9 Å². The van der Waals surface area contributed by atoms with Crippen molar-refractivity contribution in [2.24, 2.45) is 0 Å². The second-order valence-electron chi connectivity index (χ2n) is 1.92. The van der Waals surface area contributed by atoms with Gasteiger partial charge in [0.15, 0.2) is 5.78 Å². The summed E-state index contributed by atoms with van der Waals surface area (Å²) in [7, 11) is 0. The van der Waals surface area contributed by atoms with E-state index >= 15 is 0 Å². The van der Waals surface area contributed by atoms with Crippen LogP contribution in [0.4, 0.5) is 0 Å². The van der Waals surface area contributed by atoms with Gasteiger partial charge in [0.2, 0.25) is 0 Å². The van der Waals surface area contributed by atoms with Gasteiger partial charge in [-0.25, -0.2) is 0 Å². The van der Waals surface area contributed by atoms with Crippen LogP contribution in [0.2, 0.25) is 0 Å². The van der Waals surface area contributed by atoms with Gasteiger partial charge in [-0.1, -0.05) is 30.3 Å². The van der Waals surface area contributed by atoms with Crippen molar-refractivity contribution in [3.8, 4) is 0 Å². The molecule has 10 heavy (non-hydrogen) atoms. The van der Waals surface area contributed by atoms with Crippen LogP contribution in [0.15, 0.2) is 30.3 Å². The van der Waals surface area contributed by atoms with E-state index in [-0.39, 0.29) is 22.9 Å². The SMILES string of the molecule is CC(=O)c1ccccc1.[Cu]. The Bertz CT molecular complexity index is 206. The average Bonchev–Trinajstić information content (AvgIpc) is 1.90. The number of benzene rings is 1. The molecule has 57 valence electrons. The van der Waals surface area contributed by atoms with Gasteiger partial charge in [-0.2, -0.15) is 0 Å². The molecule has 0 N–H and O–H groups in total. The Morgan fingerprint density at radius 2 is 1.70 bits per heavy atom. The van der Waals surface area contributed by atoms with Crippen LogP contribution in [-0.2, 0) is 17.1 Å². The summed E-state index contributed by atoms with van der Waals surface area (Å²) in [5.41, 5.74) is 0.775. The summed E-state index contributed by atoms with van der Waals surface area (Å²) in [4.78, 5) is 10.6. The first-order chi connectivity index (χ1) is 4.30. The van der Waals surface area contributed by atoms with Crippen molar-refractivity contribution in [3.05, 3.63) is 35.9 Å². The summed E-state index contributed by atoms with van der Waals surface area (Å²) >= 11 is 0. The molecule has 0 spiro atoms. The van der Waals surface area contributed by atoms with Crippen molar-refractivity contribution in [2.75, 3.05) is 0 Å². The molecule has 0 aliphatic heterocycles. The largest absolute Gasteiger partial charge is 0.295 e. The van der Waals surface area contributed by atoms with Crippen molar-refractivity contribution >= 4 is 5.78 Å². The molecule has 0 fully saturated rings. The van der Waals surface area contributed by atoms with Crippen LogP contribution in [0.5, 0.6) is 0 Å². The second-order valence-corrected chi connectivity index (χ2v) is 1.92. The monoisotopic (exact) mass is 183 g/mol. The second kappa shape index (κ2) is 4.26. The van der Waals surface area contributed by atoms with E-state index in [0.717, 1.165) is 5.56 Å². The molecule has 0 saturated heterocycles.